The normalized spacial score (nSPS) is 11.5. The first-order valence-corrected chi connectivity index (χ1v) is 7.29. The van der Waals surface area contributed by atoms with E-state index in [1.54, 1.807) is 6.07 Å². The highest BCUT2D eigenvalue weighted by molar-refractivity contribution is 5.84. The van der Waals surface area contributed by atoms with Gasteiger partial charge in [-0.3, -0.25) is 0 Å². The van der Waals surface area contributed by atoms with Gasteiger partial charge in [-0.1, -0.05) is 66.2 Å². The number of alkyl halides is 3. The van der Waals surface area contributed by atoms with E-state index in [1.807, 2.05) is 55.5 Å². The van der Waals surface area contributed by atoms with Gasteiger partial charge in [-0.05, 0) is 41.3 Å². The predicted octanol–water partition coefficient (Wildman–Crippen LogP) is 6.35. The van der Waals surface area contributed by atoms with E-state index in [0.29, 0.717) is 5.56 Å². The molecule has 3 heteroatoms. The predicted molar refractivity (Wildman–Crippen MR) is 87.1 cm³/mol. The SMILES string of the molecule is Cc1ccc(-c2ccccc2)c(-c2cccc(C(F)(F)F)c2)c1. The number of benzene rings is 3. The van der Waals surface area contributed by atoms with Crippen molar-refractivity contribution >= 4 is 0 Å². The molecule has 3 aromatic carbocycles. The second-order valence-corrected chi connectivity index (χ2v) is 5.49. The van der Waals surface area contributed by atoms with Gasteiger partial charge in [-0.25, -0.2) is 0 Å². The Hall–Kier alpha value is -2.55. The fourth-order valence-electron chi connectivity index (χ4n) is 2.63. The van der Waals surface area contributed by atoms with Gasteiger partial charge in [0.25, 0.3) is 0 Å². The van der Waals surface area contributed by atoms with Crippen LogP contribution in [0.5, 0.6) is 0 Å². The fourth-order valence-corrected chi connectivity index (χ4v) is 2.63. The van der Waals surface area contributed by atoms with Crippen molar-refractivity contribution in [3.63, 3.8) is 0 Å². The van der Waals surface area contributed by atoms with Crippen molar-refractivity contribution in [3.8, 4) is 22.3 Å². The zero-order valence-electron chi connectivity index (χ0n) is 12.6. The van der Waals surface area contributed by atoms with Crippen LogP contribution in [0.15, 0.2) is 72.8 Å². The van der Waals surface area contributed by atoms with Crippen molar-refractivity contribution in [2.24, 2.45) is 0 Å². The molecule has 0 N–H and O–H groups in total. The Labute approximate surface area is 133 Å². The van der Waals surface area contributed by atoms with Crippen molar-refractivity contribution in [1.29, 1.82) is 0 Å². The van der Waals surface area contributed by atoms with Gasteiger partial charge < -0.3 is 0 Å². The summed E-state index contributed by atoms with van der Waals surface area (Å²) in [5.74, 6) is 0. The van der Waals surface area contributed by atoms with Crippen molar-refractivity contribution < 1.29 is 13.2 Å². The van der Waals surface area contributed by atoms with Crippen molar-refractivity contribution in [1.82, 2.24) is 0 Å². The average Bonchev–Trinajstić information content (AvgIpc) is 2.55. The zero-order chi connectivity index (χ0) is 16.4. The lowest BCUT2D eigenvalue weighted by Gasteiger charge is -2.13. The lowest BCUT2D eigenvalue weighted by Crippen LogP contribution is -2.04. The molecule has 0 bridgehead atoms. The van der Waals surface area contributed by atoms with Gasteiger partial charge in [0.1, 0.15) is 0 Å². The lowest BCUT2D eigenvalue weighted by atomic mass is 9.92. The van der Waals surface area contributed by atoms with Crippen LogP contribution in [0.25, 0.3) is 22.3 Å². The van der Waals surface area contributed by atoms with Crippen molar-refractivity contribution in [2.45, 2.75) is 13.1 Å². The van der Waals surface area contributed by atoms with E-state index in [1.165, 1.54) is 12.1 Å². The number of halogens is 3. The Morgan fingerprint density at radius 1 is 0.652 bits per heavy atom. The first-order valence-electron chi connectivity index (χ1n) is 7.29. The second-order valence-electron chi connectivity index (χ2n) is 5.49. The van der Waals surface area contributed by atoms with Gasteiger partial charge in [0, 0.05) is 0 Å². The summed E-state index contributed by atoms with van der Waals surface area (Å²) in [5.41, 5.74) is 3.67. The molecule has 116 valence electrons. The third-order valence-corrected chi connectivity index (χ3v) is 3.76. The van der Waals surface area contributed by atoms with E-state index in [2.05, 4.69) is 0 Å². The first-order chi connectivity index (χ1) is 10.9. The molecule has 3 aromatic rings. The molecule has 0 heterocycles. The van der Waals surface area contributed by atoms with Crippen LogP contribution >= 0.6 is 0 Å². The van der Waals surface area contributed by atoms with Gasteiger partial charge in [0.05, 0.1) is 5.56 Å². The van der Waals surface area contributed by atoms with Crippen LogP contribution in [0.2, 0.25) is 0 Å². The quantitative estimate of drug-likeness (QED) is 0.517. The van der Waals surface area contributed by atoms with Crippen LogP contribution in [-0.4, -0.2) is 0 Å². The molecule has 0 radical (unpaired) electrons. The topological polar surface area (TPSA) is 0 Å². The fraction of sp³-hybridized carbons (Fsp3) is 0.100. The first kappa shape index (κ1) is 15.3. The third kappa shape index (κ3) is 3.29. The number of aryl methyl sites for hydroxylation is 1. The maximum atomic E-state index is 13.0. The summed E-state index contributed by atoms with van der Waals surface area (Å²) in [6.07, 6.45) is -4.34. The molecule has 0 atom stereocenters. The molecule has 0 aliphatic carbocycles. The summed E-state index contributed by atoms with van der Waals surface area (Å²) in [5, 5.41) is 0. The summed E-state index contributed by atoms with van der Waals surface area (Å²) in [7, 11) is 0. The highest BCUT2D eigenvalue weighted by Crippen LogP contribution is 2.36. The maximum Gasteiger partial charge on any atom is 0.416 e. The highest BCUT2D eigenvalue weighted by atomic mass is 19.4. The standard InChI is InChI=1S/C20H15F3/c1-14-10-11-18(15-6-3-2-4-7-15)19(12-14)16-8-5-9-17(13-16)20(21,22)23/h2-13H,1H3. The average molecular weight is 312 g/mol. The third-order valence-electron chi connectivity index (χ3n) is 3.76. The minimum atomic E-state index is -4.34. The zero-order valence-corrected chi connectivity index (χ0v) is 12.6. The van der Waals surface area contributed by atoms with Crippen molar-refractivity contribution in [3.05, 3.63) is 83.9 Å². The Bertz CT molecular complexity index is 818. The van der Waals surface area contributed by atoms with Crippen LogP contribution in [0.1, 0.15) is 11.1 Å². The summed E-state index contributed by atoms with van der Waals surface area (Å²) in [4.78, 5) is 0. The van der Waals surface area contributed by atoms with E-state index in [4.69, 9.17) is 0 Å². The van der Waals surface area contributed by atoms with Crippen LogP contribution in [0.4, 0.5) is 13.2 Å². The van der Waals surface area contributed by atoms with E-state index < -0.39 is 11.7 Å². The van der Waals surface area contributed by atoms with Crippen LogP contribution in [0.3, 0.4) is 0 Å². The molecule has 0 aliphatic rings. The summed E-state index contributed by atoms with van der Waals surface area (Å²) < 4.78 is 39.0. The molecule has 0 fully saturated rings. The van der Waals surface area contributed by atoms with Crippen molar-refractivity contribution in [2.75, 3.05) is 0 Å². The number of hydrogen-bond donors (Lipinski definition) is 0. The number of hydrogen-bond acceptors (Lipinski definition) is 0. The molecular weight excluding hydrogens is 297 g/mol. The summed E-state index contributed by atoms with van der Waals surface area (Å²) in [6.45, 7) is 1.94. The van der Waals surface area contributed by atoms with Crippen LogP contribution < -0.4 is 0 Å². The van der Waals surface area contributed by atoms with Crippen LogP contribution in [-0.2, 0) is 6.18 Å². The van der Waals surface area contributed by atoms with Gasteiger partial charge in [-0.15, -0.1) is 0 Å². The van der Waals surface area contributed by atoms with Gasteiger partial charge in [0.2, 0.25) is 0 Å². The second kappa shape index (κ2) is 5.92. The molecule has 0 aliphatic heterocycles. The smallest absolute Gasteiger partial charge is 0.166 e. The molecule has 0 spiro atoms. The monoisotopic (exact) mass is 312 g/mol. The molecule has 0 nitrogen and oxygen atoms in total. The van der Waals surface area contributed by atoms with E-state index in [0.717, 1.165) is 28.3 Å². The molecule has 0 saturated carbocycles. The Kier molecular flexibility index (Phi) is 3.95. The molecule has 23 heavy (non-hydrogen) atoms. The minimum absolute atomic E-state index is 0.572. The van der Waals surface area contributed by atoms with Crippen LogP contribution in [0, 0.1) is 6.92 Å². The molecule has 3 rings (SSSR count). The van der Waals surface area contributed by atoms with E-state index in [9.17, 15) is 13.2 Å². The molecule has 0 saturated heterocycles. The van der Waals surface area contributed by atoms with Gasteiger partial charge >= 0.3 is 6.18 Å². The number of rotatable bonds is 2. The Morgan fingerprint density at radius 3 is 2.04 bits per heavy atom. The van der Waals surface area contributed by atoms with Gasteiger partial charge in [0.15, 0.2) is 0 Å². The van der Waals surface area contributed by atoms with E-state index in [-0.39, 0.29) is 0 Å². The molecule has 0 amide bonds. The summed E-state index contributed by atoms with van der Waals surface area (Å²) in [6, 6.07) is 21.0. The minimum Gasteiger partial charge on any atom is -0.166 e. The molecule has 0 aromatic heterocycles. The molecule has 0 unspecified atom stereocenters. The largest absolute Gasteiger partial charge is 0.416 e. The molecular formula is C20H15F3. The lowest BCUT2D eigenvalue weighted by molar-refractivity contribution is -0.137. The Balaban J connectivity index is 2.19. The Morgan fingerprint density at radius 2 is 1.35 bits per heavy atom. The maximum absolute atomic E-state index is 13.0. The summed E-state index contributed by atoms with van der Waals surface area (Å²) >= 11 is 0. The van der Waals surface area contributed by atoms with Gasteiger partial charge in [-0.2, -0.15) is 13.2 Å². The highest BCUT2D eigenvalue weighted by Gasteiger charge is 2.30. The van der Waals surface area contributed by atoms with E-state index >= 15 is 0 Å².